The normalized spacial score (nSPS) is 9.57. The van der Waals surface area contributed by atoms with Gasteiger partial charge in [0, 0.05) is 5.56 Å². The van der Waals surface area contributed by atoms with Gasteiger partial charge in [0.25, 0.3) is 5.91 Å². The summed E-state index contributed by atoms with van der Waals surface area (Å²) in [7, 11) is 1.42. The zero-order valence-electron chi connectivity index (χ0n) is 8.03. The SMILES string of the molecule is COc1ccc(C)c(C=O)c1C(N)=O. The Hall–Kier alpha value is -1.84. The van der Waals surface area contributed by atoms with Gasteiger partial charge in [-0.05, 0) is 18.6 Å². The zero-order valence-corrected chi connectivity index (χ0v) is 8.03. The van der Waals surface area contributed by atoms with Crippen LogP contribution < -0.4 is 10.5 Å². The van der Waals surface area contributed by atoms with Crippen LogP contribution in [0.1, 0.15) is 26.3 Å². The van der Waals surface area contributed by atoms with E-state index in [1.54, 1.807) is 19.1 Å². The molecule has 0 radical (unpaired) electrons. The lowest BCUT2D eigenvalue weighted by Gasteiger charge is -2.09. The third-order valence-corrected chi connectivity index (χ3v) is 2.01. The van der Waals surface area contributed by atoms with E-state index in [0.717, 1.165) is 0 Å². The molecule has 1 rings (SSSR count). The van der Waals surface area contributed by atoms with Crippen LogP contribution in [0.4, 0.5) is 0 Å². The van der Waals surface area contributed by atoms with E-state index < -0.39 is 5.91 Å². The Morgan fingerprint density at radius 3 is 2.57 bits per heavy atom. The lowest BCUT2D eigenvalue weighted by Crippen LogP contribution is -2.16. The monoisotopic (exact) mass is 193 g/mol. The van der Waals surface area contributed by atoms with Gasteiger partial charge in [-0.3, -0.25) is 9.59 Å². The number of aryl methyl sites for hydroxylation is 1. The van der Waals surface area contributed by atoms with Gasteiger partial charge in [0.05, 0.1) is 12.7 Å². The van der Waals surface area contributed by atoms with Gasteiger partial charge in [-0.15, -0.1) is 0 Å². The molecule has 0 fully saturated rings. The van der Waals surface area contributed by atoms with E-state index in [4.69, 9.17) is 10.5 Å². The standard InChI is InChI=1S/C10H11NO3/c1-6-3-4-8(14-2)9(10(11)13)7(6)5-12/h3-5H,1-2H3,(H2,11,13). The maximum absolute atomic E-state index is 11.1. The minimum Gasteiger partial charge on any atom is -0.496 e. The Bertz CT molecular complexity index is 385. The van der Waals surface area contributed by atoms with Crippen molar-refractivity contribution in [3.05, 3.63) is 28.8 Å². The molecule has 1 aromatic carbocycles. The molecule has 0 unspecified atom stereocenters. The average Bonchev–Trinajstić information content (AvgIpc) is 2.17. The molecule has 0 saturated carbocycles. The first kappa shape index (κ1) is 10.2. The predicted molar refractivity (Wildman–Crippen MR) is 51.6 cm³/mol. The first-order chi connectivity index (χ1) is 6.61. The third-order valence-electron chi connectivity index (χ3n) is 2.01. The largest absolute Gasteiger partial charge is 0.496 e. The van der Waals surface area contributed by atoms with E-state index in [1.807, 2.05) is 0 Å². The molecule has 0 aliphatic heterocycles. The number of methoxy groups -OCH3 is 1. The number of carbonyl (C=O) groups excluding carboxylic acids is 2. The summed E-state index contributed by atoms with van der Waals surface area (Å²) in [4.78, 5) is 21.9. The molecule has 2 N–H and O–H groups in total. The van der Waals surface area contributed by atoms with E-state index in [0.29, 0.717) is 17.6 Å². The third kappa shape index (κ3) is 1.59. The Morgan fingerprint density at radius 2 is 2.14 bits per heavy atom. The lowest BCUT2D eigenvalue weighted by molar-refractivity contribution is 0.0989. The number of ether oxygens (including phenoxy) is 1. The number of aldehydes is 1. The second kappa shape index (κ2) is 3.91. The molecule has 4 nitrogen and oxygen atoms in total. The van der Waals surface area contributed by atoms with E-state index >= 15 is 0 Å². The highest BCUT2D eigenvalue weighted by Gasteiger charge is 2.15. The molecule has 4 heteroatoms. The average molecular weight is 193 g/mol. The number of amides is 1. The summed E-state index contributed by atoms with van der Waals surface area (Å²) in [6, 6.07) is 3.32. The van der Waals surface area contributed by atoms with Gasteiger partial charge < -0.3 is 10.5 Å². The van der Waals surface area contributed by atoms with Crippen LogP contribution in [0.3, 0.4) is 0 Å². The molecular weight excluding hydrogens is 182 g/mol. The van der Waals surface area contributed by atoms with Crippen LogP contribution in [-0.2, 0) is 0 Å². The second-order valence-corrected chi connectivity index (χ2v) is 2.86. The molecule has 0 atom stereocenters. The summed E-state index contributed by atoms with van der Waals surface area (Å²) >= 11 is 0. The van der Waals surface area contributed by atoms with Crippen molar-refractivity contribution in [3.63, 3.8) is 0 Å². The van der Waals surface area contributed by atoms with Crippen LogP contribution >= 0.6 is 0 Å². The van der Waals surface area contributed by atoms with E-state index in [1.165, 1.54) is 7.11 Å². The number of benzene rings is 1. The van der Waals surface area contributed by atoms with Gasteiger partial charge in [0.2, 0.25) is 0 Å². The molecule has 0 aliphatic carbocycles. The van der Waals surface area contributed by atoms with Crippen molar-refractivity contribution in [1.29, 1.82) is 0 Å². The molecule has 0 aromatic heterocycles. The number of nitrogens with two attached hydrogens (primary N) is 1. The van der Waals surface area contributed by atoms with Crippen LogP contribution in [0.25, 0.3) is 0 Å². The number of hydrogen-bond acceptors (Lipinski definition) is 3. The van der Waals surface area contributed by atoms with Crippen LogP contribution in [0.2, 0.25) is 0 Å². The maximum atomic E-state index is 11.1. The summed E-state index contributed by atoms with van der Waals surface area (Å²) in [6.07, 6.45) is 0.609. The van der Waals surface area contributed by atoms with Crippen LogP contribution in [0.5, 0.6) is 5.75 Å². The molecule has 0 bridgehead atoms. The Labute approximate surface area is 81.7 Å². The van der Waals surface area contributed by atoms with Crippen molar-refractivity contribution in [3.8, 4) is 5.75 Å². The predicted octanol–water partition coefficient (Wildman–Crippen LogP) is 0.915. The van der Waals surface area contributed by atoms with Gasteiger partial charge >= 0.3 is 0 Å². The van der Waals surface area contributed by atoms with E-state index in [9.17, 15) is 9.59 Å². The molecular formula is C10H11NO3. The van der Waals surface area contributed by atoms with Crippen molar-refractivity contribution < 1.29 is 14.3 Å². The van der Waals surface area contributed by atoms with Crippen LogP contribution in [0, 0.1) is 6.92 Å². The van der Waals surface area contributed by atoms with Gasteiger partial charge in [0.15, 0.2) is 6.29 Å². The fraction of sp³-hybridized carbons (Fsp3) is 0.200. The van der Waals surface area contributed by atoms with Crippen molar-refractivity contribution in [1.82, 2.24) is 0 Å². The summed E-state index contributed by atoms with van der Waals surface area (Å²) < 4.78 is 4.94. The van der Waals surface area contributed by atoms with Gasteiger partial charge in [-0.1, -0.05) is 6.07 Å². The number of hydrogen-bond donors (Lipinski definition) is 1. The van der Waals surface area contributed by atoms with Crippen molar-refractivity contribution in [2.45, 2.75) is 6.92 Å². The molecule has 0 saturated heterocycles. The Morgan fingerprint density at radius 1 is 1.50 bits per heavy atom. The summed E-state index contributed by atoms with van der Waals surface area (Å²) in [5, 5.41) is 0. The first-order valence-corrected chi connectivity index (χ1v) is 4.04. The fourth-order valence-corrected chi connectivity index (χ4v) is 1.28. The Balaban J connectivity index is 3.51. The molecule has 14 heavy (non-hydrogen) atoms. The summed E-state index contributed by atoms with van der Waals surface area (Å²) in [6.45, 7) is 1.73. The molecule has 0 heterocycles. The minimum absolute atomic E-state index is 0.141. The number of carbonyl (C=O) groups is 2. The topological polar surface area (TPSA) is 69.4 Å². The fourth-order valence-electron chi connectivity index (χ4n) is 1.28. The second-order valence-electron chi connectivity index (χ2n) is 2.86. The smallest absolute Gasteiger partial charge is 0.253 e. The van der Waals surface area contributed by atoms with E-state index in [2.05, 4.69) is 0 Å². The van der Waals surface area contributed by atoms with Crippen molar-refractivity contribution >= 4 is 12.2 Å². The van der Waals surface area contributed by atoms with Crippen LogP contribution in [-0.4, -0.2) is 19.3 Å². The van der Waals surface area contributed by atoms with Gasteiger partial charge in [-0.25, -0.2) is 0 Å². The number of rotatable bonds is 3. The zero-order chi connectivity index (χ0) is 10.7. The summed E-state index contributed by atoms with van der Waals surface area (Å²) in [5.41, 5.74) is 6.29. The van der Waals surface area contributed by atoms with E-state index in [-0.39, 0.29) is 11.1 Å². The molecule has 1 amide bonds. The van der Waals surface area contributed by atoms with Gasteiger partial charge in [-0.2, -0.15) is 0 Å². The van der Waals surface area contributed by atoms with Crippen LogP contribution in [0.15, 0.2) is 12.1 Å². The Kier molecular flexibility index (Phi) is 2.86. The maximum Gasteiger partial charge on any atom is 0.253 e. The highest BCUT2D eigenvalue weighted by atomic mass is 16.5. The quantitative estimate of drug-likeness (QED) is 0.725. The van der Waals surface area contributed by atoms with Gasteiger partial charge in [0.1, 0.15) is 5.75 Å². The van der Waals surface area contributed by atoms with Crippen molar-refractivity contribution in [2.75, 3.05) is 7.11 Å². The lowest BCUT2D eigenvalue weighted by atomic mass is 10.0. The van der Waals surface area contributed by atoms with Crippen molar-refractivity contribution in [2.24, 2.45) is 5.73 Å². The minimum atomic E-state index is -0.660. The highest BCUT2D eigenvalue weighted by molar-refractivity contribution is 6.03. The molecule has 1 aromatic rings. The summed E-state index contributed by atoms with van der Waals surface area (Å²) in [5.74, 6) is -0.335. The molecule has 74 valence electrons. The highest BCUT2D eigenvalue weighted by Crippen LogP contribution is 2.23. The molecule has 0 aliphatic rings. The number of primary amides is 1. The first-order valence-electron chi connectivity index (χ1n) is 4.04. The molecule has 0 spiro atoms.